The van der Waals surface area contributed by atoms with Gasteiger partial charge in [-0.1, -0.05) is 0 Å². The molecule has 0 spiro atoms. The Hall–Kier alpha value is -2.82. The van der Waals surface area contributed by atoms with Gasteiger partial charge in [-0.15, -0.1) is 0 Å². The van der Waals surface area contributed by atoms with E-state index in [1.54, 1.807) is 31.6 Å². The van der Waals surface area contributed by atoms with Gasteiger partial charge in [0.1, 0.15) is 12.1 Å². The largest absolute Gasteiger partial charge is 0.497 e. The fraction of sp³-hybridized carbons (Fsp3) is 0.0667. The van der Waals surface area contributed by atoms with Gasteiger partial charge in [0.2, 0.25) is 0 Å². The molecule has 0 bridgehead atoms. The number of carbonyl (C=O) groups is 1. The third-order valence-corrected chi connectivity index (χ3v) is 3.14. The maximum Gasteiger partial charge on any atom is 0.335 e. The molecule has 0 amide bonds. The van der Waals surface area contributed by atoms with Gasteiger partial charge in [0.15, 0.2) is 0 Å². The van der Waals surface area contributed by atoms with Gasteiger partial charge in [0, 0.05) is 5.69 Å². The molecular weight excluding hydrogens is 256 g/mol. The zero-order chi connectivity index (χ0) is 14.1. The van der Waals surface area contributed by atoms with E-state index in [0.29, 0.717) is 0 Å². The van der Waals surface area contributed by atoms with Gasteiger partial charge in [0.05, 0.1) is 23.7 Å². The molecular formula is C15H12N2O3. The van der Waals surface area contributed by atoms with E-state index in [0.717, 1.165) is 22.5 Å². The van der Waals surface area contributed by atoms with Crippen LogP contribution in [0.5, 0.6) is 5.75 Å². The van der Waals surface area contributed by atoms with Crippen LogP contribution in [0, 0.1) is 0 Å². The Morgan fingerprint density at radius 1 is 1.20 bits per heavy atom. The molecule has 2 aromatic carbocycles. The first-order chi connectivity index (χ1) is 9.69. The van der Waals surface area contributed by atoms with Crippen LogP contribution >= 0.6 is 0 Å². The number of imidazole rings is 1. The van der Waals surface area contributed by atoms with Crippen LogP contribution in [0.3, 0.4) is 0 Å². The third kappa shape index (κ3) is 1.99. The number of methoxy groups -OCH3 is 1. The number of aromatic nitrogens is 2. The van der Waals surface area contributed by atoms with Crippen molar-refractivity contribution < 1.29 is 14.6 Å². The van der Waals surface area contributed by atoms with E-state index in [1.807, 2.05) is 28.8 Å². The predicted octanol–water partition coefficient (Wildman–Crippen LogP) is 2.73. The lowest BCUT2D eigenvalue weighted by Crippen LogP contribution is -1.97. The summed E-state index contributed by atoms with van der Waals surface area (Å²) in [7, 11) is 1.61. The lowest BCUT2D eigenvalue weighted by atomic mass is 10.2. The first-order valence-corrected chi connectivity index (χ1v) is 6.04. The number of aromatic carboxylic acids is 1. The first-order valence-electron chi connectivity index (χ1n) is 6.04. The van der Waals surface area contributed by atoms with Gasteiger partial charge in [-0.2, -0.15) is 0 Å². The molecule has 3 rings (SSSR count). The molecule has 0 unspecified atom stereocenters. The number of carboxylic acid groups (broad SMARTS) is 1. The van der Waals surface area contributed by atoms with Crippen LogP contribution < -0.4 is 4.74 Å². The van der Waals surface area contributed by atoms with Gasteiger partial charge in [0.25, 0.3) is 0 Å². The standard InChI is InChI=1S/C15H12N2O3/c1-20-12-5-3-11(4-6-12)17-9-16-13-7-2-10(15(18)19)8-14(13)17/h2-9H,1H3,(H,18,19). The zero-order valence-electron chi connectivity index (χ0n) is 10.8. The van der Waals surface area contributed by atoms with Crippen molar-refractivity contribution in [1.82, 2.24) is 9.55 Å². The highest BCUT2D eigenvalue weighted by Crippen LogP contribution is 2.21. The monoisotopic (exact) mass is 268 g/mol. The number of nitrogens with zero attached hydrogens (tertiary/aromatic N) is 2. The Labute approximate surface area is 115 Å². The van der Waals surface area contributed by atoms with Gasteiger partial charge in [-0.05, 0) is 42.5 Å². The molecule has 3 aromatic rings. The van der Waals surface area contributed by atoms with Crippen LogP contribution in [0.25, 0.3) is 16.7 Å². The van der Waals surface area contributed by atoms with Gasteiger partial charge < -0.3 is 9.84 Å². The number of carboxylic acids is 1. The zero-order valence-corrected chi connectivity index (χ0v) is 10.8. The Bertz CT molecular complexity index is 775. The number of fused-ring (bicyclic) bond motifs is 1. The van der Waals surface area contributed by atoms with Gasteiger partial charge in [-0.25, -0.2) is 9.78 Å². The average Bonchev–Trinajstić information content (AvgIpc) is 2.90. The predicted molar refractivity (Wildman–Crippen MR) is 74.6 cm³/mol. The number of hydrogen-bond donors (Lipinski definition) is 1. The second-order valence-electron chi connectivity index (χ2n) is 4.32. The second kappa shape index (κ2) is 4.70. The van der Waals surface area contributed by atoms with Crippen LogP contribution in [-0.2, 0) is 0 Å². The minimum Gasteiger partial charge on any atom is -0.497 e. The van der Waals surface area contributed by atoms with E-state index < -0.39 is 5.97 Å². The maximum absolute atomic E-state index is 11.1. The second-order valence-corrected chi connectivity index (χ2v) is 4.32. The van der Waals surface area contributed by atoms with Crippen molar-refractivity contribution in [1.29, 1.82) is 0 Å². The molecule has 5 heteroatoms. The first kappa shape index (κ1) is 12.2. The summed E-state index contributed by atoms with van der Waals surface area (Å²) in [5.74, 6) is -0.182. The molecule has 0 saturated carbocycles. The van der Waals surface area contributed by atoms with E-state index in [2.05, 4.69) is 4.98 Å². The summed E-state index contributed by atoms with van der Waals surface area (Å²) in [5, 5.41) is 9.07. The fourth-order valence-electron chi connectivity index (χ4n) is 2.09. The number of hydrogen-bond acceptors (Lipinski definition) is 3. The smallest absolute Gasteiger partial charge is 0.335 e. The lowest BCUT2D eigenvalue weighted by Gasteiger charge is -2.06. The summed E-state index contributed by atoms with van der Waals surface area (Å²) in [4.78, 5) is 15.3. The summed E-state index contributed by atoms with van der Waals surface area (Å²) < 4.78 is 6.97. The van der Waals surface area contributed by atoms with Crippen molar-refractivity contribution in [3.8, 4) is 11.4 Å². The van der Waals surface area contributed by atoms with E-state index in [4.69, 9.17) is 9.84 Å². The number of ether oxygens (including phenoxy) is 1. The highest BCUT2D eigenvalue weighted by molar-refractivity contribution is 5.92. The maximum atomic E-state index is 11.1. The van der Waals surface area contributed by atoms with E-state index in [9.17, 15) is 4.79 Å². The highest BCUT2D eigenvalue weighted by atomic mass is 16.5. The Kier molecular flexibility index (Phi) is 2.87. The van der Waals surface area contributed by atoms with Crippen LogP contribution in [0.4, 0.5) is 0 Å². The lowest BCUT2D eigenvalue weighted by molar-refractivity contribution is 0.0697. The van der Waals surface area contributed by atoms with Crippen LogP contribution in [0.2, 0.25) is 0 Å². The quantitative estimate of drug-likeness (QED) is 0.793. The van der Waals surface area contributed by atoms with Crippen molar-refractivity contribution in [3.63, 3.8) is 0 Å². The minimum absolute atomic E-state index is 0.243. The van der Waals surface area contributed by atoms with Crippen LogP contribution in [-0.4, -0.2) is 27.7 Å². The summed E-state index contributed by atoms with van der Waals surface area (Å²) in [5.41, 5.74) is 2.66. The molecule has 5 nitrogen and oxygen atoms in total. The molecule has 0 atom stereocenters. The molecule has 0 aliphatic carbocycles. The Balaban J connectivity index is 2.14. The molecule has 0 radical (unpaired) electrons. The van der Waals surface area contributed by atoms with E-state index in [1.165, 1.54) is 0 Å². The van der Waals surface area contributed by atoms with Crippen molar-refractivity contribution >= 4 is 17.0 Å². The van der Waals surface area contributed by atoms with Crippen molar-refractivity contribution in [3.05, 3.63) is 54.4 Å². The SMILES string of the molecule is COc1ccc(-n2cnc3ccc(C(=O)O)cc32)cc1. The average molecular weight is 268 g/mol. The van der Waals surface area contributed by atoms with Crippen molar-refractivity contribution in [2.75, 3.05) is 7.11 Å². The molecule has 0 fully saturated rings. The molecule has 0 aliphatic rings. The number of benzene rings is 2. The summed E-state index contributed by atoms with van der Waals surface area (Å²) in [6.07, 6.45) is 1.68. The normalized spacial score (nSPS) is 10.7. The van der Waals surface area contributed by atoms with Crippen LogP contribution in [0.1, 0.15) is 10.4 Å². The van der Waals surface area contributed by atoms with Gasteiger partial charge >= 0.3 is 5.97 Å². The molecule has 0 aliphatic heterocycles. The summed E-state index contributed by atoms with van der Waals surface area (Å²) in [6, 6.07) is 12.4. The molecule has 20 heavy (non-hydrogen) atoms. The highest BCUT2D eigenvalue weighted by Gasteiger charge is 2.09. The molecule has 0 saturated heterocycles. The Morgan fingerprint density at radius 3 is 2.60 bits per heavy atom. The number of rotatable bonds is 3. The van der Waals surface area contributed by atoms with Crippen molar-refractivity contribution in [2.45, 2.75) is 0 Å². The molecule has 1 heterocycles. The summed E-state index contributed by atoms with van der Waals surface area (Å²) in [6.45, 7) is 0. The molecule has 1 N–H and O–H groups in total. The fourth-order valence-corrected chi connectivity index (χ4v) is 2.09. The van der Waals surface area contributed by atoms with Crippen molar-refractivity contribution in [2.24, 2.45) is 0 Å². The topological polar surface area (TPSA) is 64.4 Å². The van der Waals surface area contributed by atoms with E-state index >= 15 is 0 Å². The summed E-state index contributed by atoms with van der Waals surface area (Å²) >= 11 is 0. The third-order valence-electron chi connectivity index (χ3n) is 3.14. The minimum atomic E-state index is -0.950. The van der Waals surface area contributed by atoms with Crippen LogP contribution in [0.15, 0.2) is 48.8 Å². The molecule has 100 valence electrons. The molecule has 1 aromatic heterocycles. The van der Waals surface area contributed by atoms with Gasteiger partial charge in [-0.3, -0.25) is 4.57 Å². The van der Waals surface area contributed by atoms with E-state index in [-0.39, 0.29) is 5.56 Å². The Morgan fingerprint density at radius 2 is 1.95 bits per heavy atom.